The van der Waals surface area contributed by atoms with Crippen molar-refractivity contribution < 1.29 is 4.79 Å². The smallest absolute Gasteiger partial charge is 0.231 e. The van der Waals surface area contributed by atoms with Gasteiger partial charge in [-0.3, -0.25) is 4.79 Å². The molecule has 0 aliphatic carbocycles. The van der Waals surface area contributed by atoms with Gasteiger partial charge in [-0.2, -0.15) is 0 Å². The van der Waals surface area contributed by atoms with E-state index >= 15 is 0 Å². The Balaban J connectivity index is 1.80. The van der Waals surface area contributed by atoms with Gasteiger partial charge in [0.15, 0.2) is 0 Å². The van der Waals surface area contributed by atoms with Crippen LogP contribution in [0, 0.1) is 0 Å². The zero-order valence-electron chi connectivity index (χ0n) is 9.63. The van der Waals surface area contributed by atoms with Gasteiger partial charge in [0.1, 0.15) is 0 Å². The van der Waals surface area contributed by atoms with Gasteiger partial charge in [-0.05, 0) is 18.1 Å². The number of likely N-dealkylation sites (tertiary alicyclic amines) is 1. The lowest BCUT2D eigenvalue weighted by atomic mass is 10.00. The number of fused-ring (bicyclic) bond motifs is 1. The highest BCUT2D eigenvalue weighted by molar-refractivity contribution is 7.99. The Labute approximate surface area is 105 Å². The lowest BCUT2D eigenvalue weighted by molar-refractivity contribution is -0.131. The van der Waals surface area contributed by atoms with Crippen molar-refractivity contribution in [3.05, 3.63) is 29.8 Å². The van der Waals surface area contributed by atoms with Crippen LogP contribution in [0.3, 0.4) is 0 Å². The van der Waals surface area contributed by atoms with Crippen LogP contribution in [0.5, 0.6) is 0 Å². The highest BCUT2D eigenvalue weighted by Gasteiger charge is 2.34. The van der Waals surface area contributed by atoms with Crippen molar-refractivity contribution in [2.24, 2.45) is 5.73 Å². The monoisotopic (exact) mass is 248 g/mol. The van der Waals surface area contributed by atoms with E-state index in [2.05, 4.69) is 12.1 Å². The number of hydrogen-bond donors (Lipinski definition) is 1. The molecule has 90 valence electrons. The van der Waals surface area contributed by atoms with Crippen LogP contribution >= 0.6 is 11.8 Å². The van der Waals surface area contributed by atoms with Crippen LogP contribution in [-0.2, 0) is 4.79 Å². The first-order chi connectivity index (χ1) is 8.25. The quantitative estimate of drug-likeness (QED) is 0.818. The second-order valence-corrected chi connectivity index (χ2v) is 5.80. The molecule has 3 rings (SSSR count). The topological polar surface area (TPSA) is 46.3 Å². The van der Waals surface area contributed by atoms with Gasteiger partial charge >= 0.3 is 0 Å². The maximum atomic E-state index is 12.4. The SMILES string of the molecule is N[C@H]1CCN(C(=O)C2CSc3ccccc32)C1. The van der Waals surface area contributed by atoms with E-state index in [1.165, 1.54) is 10.5 Å². The Bertz CT molecular complexity index is 449. The van der Waals surface area contributed by atoms with E-state index in [-0.39, 0.29) is 17.9 Å². The molecule has 0 saturated carbocycles. The van der Waals surface area contributed by atoms with Crippen LogP contribution in [0.15, 0.2) is 29.2 Å². The molecular formula is C13H16N2OS. The van der Waals surface area contributed by atoms with Gasteiger partial charge < -0.3 is 10.6 Å². The summed E-state index contributed by atoms with van der Waals surface area (Å²) >= 11 is 1.79. The van der Waals surface area contributed by atoms with Crippen LogP contribution < -0.4 is 5.73 Å². The van der Waals surface area contributed by atoms with Crippen molar-refractivity contribution in [3.8, 4) is 0 Å². The van der Waals surface area contributed by atoms with E-state index in [0.29, 0.717) is 0 Å². The summed E-state index contributed by atoms with van der Waals surface area (Å²) in [5.74, 6) is 1.18. The minimum atomic E-state index is 0.0431. The number of rotatable bonds is 1. The second-order valence-electron chi connectivity index (χ2n) is 4.73. The average Bonchev–Trinajstić information content (AvgIpc) is 2.94. The fourth-order valence-corrected chi connectivity index (χ4v) is 3.80. The predicted molar refractivity (Wildman–Crippen MR) is 69.1 cm³/mol. The van der Waals surface area contributed by atoms with E-state index < -0.39 is 0 Å². The summed E-state index contributed by atoms with van der Waals surface area (Å²) in [6.07, 6.45) is 0.938. The molecule has 1 aromatic carbocycles. The molecule has 3 nitrogen and oxygen atoms in total. The molecular weight excluding hydrogens is 232 g/mol. The van der Waals surface area contributed by atoms with E-state index in [1.54, 1.807) is 11.8 Å². The molecule has 2 aliphatic heterocycles. The minimum absolute atomic E-state index is 0.0431. The number of carbonyl (C=O) groups excluding carboxylic acids is 1. The molecule has 1 fully saturated rings. The molecule has 1 amide bonds. The lowest BCUT2D eigenvalue weighted by Crippen LogP contribution is -2.35. The third kappa shape index (κ3) is 1.96. The highest BCUT2D eigenvalue weighted by atomic mass is 32.2. The summed E-state index contributed by atoms with van der Waals surface area (Å²) in [7, 11) is 0. The van der Waals surface area contributed by atoms with Gasteiger partial charge in [-0.15, -0.1) is 11.8 Å². The first kappa shape index (κ1) is 11.1. The number of hydrogen-bond acceptors (Lipinski definition) is 3. The third-order valence-electron chi connectivity index (χ3n) is 3.53. The van der Waals surface area contributed by atoms with Crippen molar-refractivity contribution in [1.29, 1.82) is 0 Å². The Morgan fingerprint density at radius 3 is 3.00 bits per heavy atom. The van der Waals surface area contributed by atoms with Gasteiger partial charge in [0.05, 0.1) is 5.92 Å². The summed E-state index contributed by atoms with van der Waals surface area (Å²) in [5, 5.41) is 0. The summed E-state index contributed by atoms with van der Waals surface area (Å²) < 4.78 is 0. The van der Waals surface area contributed by atoms with Crippen LogP contribution in [0.4, 0.5) is 0 Å². The fourth-order valence-electron chi connectivity index (χ4n) is 2.57. The molecule has 0 bridgehead atoms. The summed E-state index contributed by atoms with van der Waals surface area (Å²) in [5.41, 5.74) is 7.05. The molecule has 2 N–H and O–H groups in total. The molecule has 2 heterocycles. The second kappa shape index (κ2) is 4.35. The average molecular weight is 248 g/mol. The first-order valence-corrected chi connectivity index (χ1v) is 7.00. The number of carbonyl (C=O) groups is 1. The van der Waals surface area contributed by atoms with Crippen LogP contribution in [0.1, 0.15) is 17.9 Å². The van der Waals surface area contributed by atoms with Crippen molar-refractivity contribution in [2.75, 3.05) is 18.8 Å². The summed E-state index contributed by atoms with van der Waals surface area (Å²) in [6.45, 7) is 1.55. The Morgan fingerprint density at radius 2 is 2.24 bits per heavy atom. The van der Waals surface area contributed by atoms with E-state index in [0.717, 1.165) is 25.3 Å². The van der Waals surface area contributed by atoms with E-state index in [1.807, 2.05) is 17.0 Å². The molecule has 0 spiro atoms. The van der Waals surface area contributed by atoms with Crippen LogP contribution in [-0.4, -0.2) is 35.7 Å². The van der Waals surface area contributed by atoms with Crippen molar-refractivity contribution in [1.82, 2.24) is 4.90 Å². The minimum Gasteiger partial charge on any atom is -0.341 e. The molecule has 2 aliphatic rings. The van der Waals surface area contributed by atoms with Crippen molar-refractivity contribution in [2.45, 2.75) is 23.3 Å². The predicted octanol–water partition coefficient (Wildman–Crippen LogP) is 1.44. The van der Waals surface area contributed by atoms with Gasteiger partial charge in [0.25, 0.3) is 0 Å². The number of benzene rings is 1. The van der Waals surface area contributed by atoms with Crippen molar-refractivity contribution >= 4 is 17.7 Å². The number of nitrogens with two attached hydrogens (primary N) is 1. The number of amides is 1. The molecule has 1 unspecified atom stereocenters. The molecule has 0 radical (unpaired) electrons. The molecule has 1 aromatic rings. The van der Waals surface area contributed by atoms with Gasteiger partial charge in [-0.1, -0.05) is 18.2 Å². The summed E-state index contributed by atoms with van der Waals surface area (Å²) in [6, 6.07) is 8.39. The normalized spacial score (nSPS) is 27.2. The number of nitrogens with zero attached hydrogens (tertiary/aromatic N) is 1. The molecule has 4 heteroatoms. The van der Waals surface area contributed by atoms with Gasteiger partial charge in [0.2, 0.25) is 5.91 Å². The number of thioether (sulfide) groups is 1. The fraction of sp³-hybridized carbons (Fsp3) is 0.462. The van der Waals surface area contributed by atoms with Crippen LogP contribution in [0.25, 0.3) is 0 Å². The van der Waals surface area contributed by atoms with Gasteiger partial charge in [-0.25, -0.2) is 0 Å². The molecule has 17 heavy (non-hydrogen) atoms. The van der Waals surface area contributed by atoms with Crippen LogP contribution in [0.2, 0.25) is 0 Å². The molecule has 2 atom stereocenters. The first-order valence-electron chi connectivity index (χ1n) is 6.02. The highest BCUT2D eigenvalue weighted by Crippen LogP contribution is 2.40. The lowest BCUT2D eigenvalue weighted by Gasteiger charge is -2.20. The largest absolute Gasteiger partial charge is 0.341 e. The maximum absolute atomic E-state index is 12.4. The zero-order chi connectivity index (χ0) is 11.8. The Hall–Kier alpha value is -1.00. The Morgan fingerprint density at radius 1 is 1.41 bits per heavy atom. The van der Waals surface area contributed by atoms with Gasteiger partial charge in [0, 0.05) is 29.8 Å². The maximum Gasteiger partial charge on any atom is 0.231 e. The van der Waals surface area contributed by atoms with E-state index in [4.69, 9.17) is 5.73 Å². The molecule has 1 saturated heterocycles. The molecule has 0 aromatic heterocycles. The standard InChI is InChI=1S/C13H16N2OS/c14-9-5-6-15(7-9)13(16)11-8-17-12-4-2-1-3-10(11)12/h1-4,9,11H,5-8,14H2/t9-,11?/m0/s1. The Kier molecular flexibility index (Phi) is 2.84. The van der Waals surface area contributed by atoms with E-state index in [9.17, 15) is 4.79 Å². The zero-order valence-corrected chi connectivity index (χ0v) is 10.5. The van der Waals surface area contributed by atoms with Crippen molar-refractivity contribution in [3.63, 3.8) is 0 Å². The summed E-state index contributed by atoms with van der Waals surface area (Å²) in [4.78, 5) is 15.6. The third-order valence-corrected chi connectivity index (χ3v) is 4.72.